The molecule has 2 atom stereocenters. The molecular formula is C41H57N7O4. The number of Topliss-reactive ketones (excluding diaryl/α,β-unsaturated/α-hetero) is 1. The van der Waals surface area contributed by atoms with Crippen LogP contribution in [0, 0.1) is 25.7 Å². The molecule has 0 unspecified atom stereocenters. The summed E-state index contributed by atoms with van der Waals surface area (Å²) >= 11 is 0. The van der Waals surface area contributed by atoms with Crippen molar-refractivity contribution in [3.8, 4) is 5.69 Å². The number of carbonyl (C=O) groups excluding carboxylic acids is 2. The van der Waals surface area contributed by atoms with E-state index < -0.39 is 5.97 Å². The molecule has 11 nitrogen and oxygen atoms in total. The number of aliphatic carboxylic acids is 1. The molecule has 5 heterocycles. The van der Waals surface area contributed by atoms with Gasteiger partial charge in [0.2, 0.25) is 5.91 Å². The summed E-state index contributed by atoms with van der Waals surface area (Å²) in [6.45, 7) is 14.0. The lowest BCUT2D eigenvalue weighted by atomic mass is 9.93. The molecule has 3 aliphatic rings. The summed E-state index contributed by atoms with van der Waals surface area (Å²) in [7, 11) is 0. The number of carboxylic acids is 1. The zero-order valence-electron chi connectivity index (χ0n) is 31.6. The third-order valence-corrected chi connectivity index (χ3v) is 11.1. The number of carboxylic acid groups (broad SMARTS) is 1. The Balaban J connectivity index is 1.13. The molecule has 6 rings (SSSR count). The molecule has 2 saturated heterocycles. The molecule has 52 heavy (non-hydrogen) atoms. The molecule has 0 aliphatic carbocycles. The van der Waals surface area contributed by atoms with Crippen molar-refractivity contribution in [2.75, 3.05) is 62.6 Å². The second-order valence-electron chi connectivity index (χ2n) is 15.6. The number of nitrogens with one attached hydrogen (secondary N) is 1. The molecule has 2 aromatic heterocycles. The van der Waals surface area contributed by atoms with Crippen molar-refractivity contribution in [3.05, 3.63) is 64.6 Å². The molecule has 3 aliphatic heterocycles. The van der Waals surface area contributed by atoms with Crippen molar-refractivity contribution < 1.29 is 19.5 Å². The predicted molar refractivity (Wildman–Crippen MR) is 204 cm³/mol. The van der Waals surface area contributed by atoms with Crippen molar-refractivity contribution in [1.29, 1.82) is 0 Å². The van der Waals surface area contributed by atoms with Crippen LogP contribution in [0.5, 0.6) is 0 Å². The standard InChI is InChI=1S/C41H57N7O4/c1-28(2)38(49)8-5-9-39(50)47-19-17-46(18-20-47)36-22-33(23-37(25-36)48-30(4)21-29(3)44-48)34(24-40(51)52)27-45-16-14-31(26-45)10-12-35-13-11-32-7-6-15-42-41(32)43-35/h11,13,21-23,25,28,31,34H,5-10,12,14-20,24,26-27H2,1-4H3,(H,42,43)(H,51,52)/t31-,34-/m1/s1. The fraction of sp³-hybridized carbons (Fsp3) is 0.585. The number of ketones is 1. The van der Waals surface area contributed by atoms with Crippen LogP contribution in [-0.2, 0) is 27.2 Å². The number of aryl methyl sites for hydroxylation is 4. The van der Waals surface area contributed by atoms with Crippen LogP contribution in [0.3, 0.4) is 0 Å². The second kappa shape index (κ2) is 17.1. The number of carbonyl (C=O) groups is 3. The number of amides is 1. The van der Waals surface area contributed by atoms with Crippen LogP contribution in [0.1, 0.15) is 92.9 Å². The highest BCUT2D eigenvalue weighted by atomic mass is 16.4. The predicted octanol–water partition coefficient (Wildman–Crippen LogP) is 5.80. The number of aromatic nitrogens is 3. The van der Waals surface area contributed by atoms with Gasteiger partial charge in [0.05, 0.1) is 17.8 Å². The molecule has 1 amide bonds. The molecule has 2 fully saturated rings. The summed E-state index contributed by atoms with van der Waals surface area (Å²) < 4.78 is 1.95. The minimum atomic E-state index is -0.798. The van der Waals surface area contributed by atoms with Gasteiger partial charge in [-0.3, -0.25) is 14.4 Å². The maximum atomic E-state index is 13.0. The molecule has 0 bridgehead atoms. The van der Waals surface area contributed by atoms with Gasteiger partial charge in [-0.25, -0.2) is 9.67 Å². The number of hydrogen-bond donors (Lipinski definition) is 2. The SMILES string of the molecule is Cc1cc(C)n(-c2cc([C@H](CC(=O)O)CN3CC[C@@H](CCc4ccc5c(n4)NCCC5)C3)cc(N3CCN(C(=O)CCCC(=O)C(C)C)CC3)c2)n1. The molecule has 1 aromatic carbocycles. The summed E-state index contributed by atoms with van der Waals surface area (Å²) in [6, 6.07) is 12.9. The molecule has 280 valence electrons. The topological polar surface area (TPSA) is 124 Å². The summed E-state index contributed by atoms with van der Waals surface area (Å²) in [4.78, 5) is 48.9. The highest BCUT2D eigenvalue weighted by Crippen LogP contribution is 2.32. The largest absolute Gasteiger partial charge is 0.481 e. The van der Waals surface area contributed by atoms with Crippen molar-refractivity contribution >= 4 is 29.2 Å². The first-order valence-electron chi connectivity index (χ1n) is 19.4. The molecule has 3 aromatic rings. The molecule has 11 heteroatoms. The zero-order chi connectivity index (χ0) is 36.8. The monoisotopic (exact) mass is 711 g/mol. The van der Waals surface area contributed by atoms with E-state index in [1.54, 1.807) is 0 Å². The number of fused-ring (bicyclic) bond motifs is 1. The van der Waals surface area contributed by atoms with Gasteiger partial charge in [-0.15, -0.1) is 0 Å². The smallest absolute Gasteiger partial charge is 0.304 e. The molecule has 2 N–H and O–H groups in total. The van der Waals surface area contributed by atoms with E-state index in [9.17, 15) is 19.5 Å². The number of likely N-dealkylation sites (tertiary alicyclic amines) is 1. The fourth-order valence-corrected chi connectivity index (χ4v) is 8.11. The Morgan fingerprint density at radius 1 is 0.981 bits per heavy atom. The Labute approximate surface area is 308 Å². The van der Waals surface area contributed by atoms with Crippen LogP contribution in [0.25, 0.3) is 5.69 Å². The summed E-state index contributed by atoms with van der Waals surface area (Å²) in [5.74, 6) is 0.944. The van der Waals surface area contributed by atoms with Gasteiger partial charge in [0.15, 0.2) is 0 Å². The van der Waals surface area contributed by atoms with Gasteiger partial charge >= 0.3 is 5.97 Å². The Morgan fingerprint density at radius 2 is 1.77 bits per heavy atom. The lowest BCUT2D eigenvalue weighted by molar-refractivity contribution is -0.137. The highest BCUT2D eigenvalue weighted by Gasteiger charge is 2.29. The van der Waals surface area contributed by atoms with E-state index in [0.717, 1.165) is 91.6 Å². The molecule has 0 radical (unpaired) electrons. The number of rotatable bonds is 15. The number of anilines is 2. The lowest BCUT2D eigenvalue weighted by Crippen LogP contribution is -2.48. The number of nitrogens with zero attached hydrogens (tertiary/aromatic N) is 6. The Hall–Kier alpha value is -4.25. The first kappa shape index (κ1) is 37.5. The van der Waals surface area contributed by atoms with Crippen LogP contribution in [-0.4, -0.2) is 99.7 Å². The number of piperazine rings is 1. The van der Waals surface area contributed by atoms with E-state index in [2.05, 4.69) is 51.5 Å². The van der Waals surface area contributed by atoms with Crippen LogP contribution in [0.15, 0.2) is 36.4 Å². The maximum absolute atomic E-state index is 13.0. The Kier molecular flexibility index (Phi) is 12.3. The lowest BCUT2D eigenvalue weighted by Gasteiger charge is -2.37. The van der Waals surface area contributed by atoms with E-state index in [-0.39, 0.29) is 29.9 Å². The highest BCUT2D eigenvalue weighted by molar-refractivity contribution is 5.81. The van der Waals surface area contributed by atoms with Gasteiger partial charge in [-0.2, -0.15) is 5.10 Å². The minimum Gasteiger partial charge on any atom is -0.481 e. The van der Waals surface area contributed by atoms with Gasteiger partial charge in [0, 0.05) is 87.6 Å². The van der Waals surface area contributed by atoms with E-state index in [1.807, 2.05) is 37.3 Å². The Morgan fingerprint density at radius 3 is 2.50 bits per heavy atom. The van der Waals surface area contributed by atoms with Gasteiger partial charge in [0.1, 0.15) is 11.6 Å². The van der Waals surface area contributed by atoms with Crippen molar-refractivity contribution in [3.63, 3.8) is 0 Å². The first-order valence-corrected chi connectivity index (χ1v) is 19.4. The van der Waals surface area contributed by atoms with Crippen LogP contribution >= 0.6 is 0 Å². The fourth-order valence-electron chi connectivity index (χ4n) is 8.11. The van der Waals surface area contributed by atoms with E-state index in [0.29, 0.717) is 57.9 Å². The number of pyridine rings is 1. The van der Waals surface area contributed by atoms with Gasteiger partial charge in [0.25, 0.3) is 0 Å². The van der Waals surface area contributed by atoms with Crippen molar-refractivity contribution in [1.82, 2.24) is 24.6 Å². The summed E-state index contributed by atoms with van der Waals surface area (Å²) in [5, 5.41) is 18.3. The van der Waals surface area contributed by atoms with E-state index in [4.69, 9.17) is 10.1 Å². The Bertz CT molecular complexity index is 1730. The van der Waals surface area contributed by atoms with Gasteiger partial charge < -0.3 is 25.1 Å². The van der Waals surface area contributed by atoms with Crippen LogP contribution in [0.2, 0.25) is 0 Å². The third kappa shape index (κ3) is 9.59. The molecular weight excluding hydrogens is 654 g/mol. The number of benzene rings is 1. The maximum Gasteiger partial charge on any atom is 0.304 e. The van der Waals surface area contributed by atoms with E-state index in [1.165, 1.54) is 5.56 Å². The first-order chi connectivity index (χ1) is 25.0. The van der Waals surface area contributed by atoms with Crippen LogP contribution < -0.4 is 10.2 Å². The normalized spacial score (nSPS) is 18.4. The van der Waals surface area contributed by atoms with Gasteiger partial charge in [-0.05, 0) is 106 Å². The second-order valence-corrected chi connectivity index (χ2v) is 15.6. The summed E-state index contributed by atoms with van der Waals surface area (Å²) in [5.41, 5.74) is 7.37. The number of hydrogen-bond acceptors (Lipinski definition) is 8. The zero-order valence-corrected chi connectivity index (χ0v) is 31.6. The third-order valence-electron chi connectivity index (χ3n) is 11.1. The van der Waals surface area contributed by atoms with Crippen LogP contribution in [0.4, 0.5) is 11.5 Å². The average Bonchev–Trinajstić information content (AvgIpc) is 3.74. The molecule has 0 saturated carbocycles. The molecule has 0 spiro atoms. The average molecular weight is 712 g/mol. The van der Waals surface area contributed by atoms with E-state index >= 15 is 0 Å². The quantitative estimate of drug-likeness (QED) is 0.201. The van der Waals surface area contributed by atoms with Crippen molar-refractivity contribution in [2.45, 2.75) is 91.4 Å². The summed E-state index contributed by atoms with van der Waals surface area (Å²) in [6.07, 6.45) is 6.88. The van der Waals surface area contributed by atoms with Gasteiger partial charge in [-0.1, -0.05) is 19.9 Å². The minimum absolute atomic E-state index is 0.00193. The van der Waals surface area contributed by atoms with Crippen molar-refractivity contribution in [2.24, 2.45) is 11.8 Å².